The molecule has 1 saturated heterocycles. The van der Waals surface area contributed by atoms with Gasteiger partial charge in [-0.2, -0.15) is 0 Å². The van der Waals surface area contributed by atoms with E-state index >= 15 is 0 Å². The minimum atomic E-state index is 0.159. The molecule has 2 rings (SSSR count). The Kier molecular flexibility index (Phi) is 3.84. The van der Waals surface area contributed by atoms with Gasteiger partial charge in [0, 0.05) is 25.8 Å². The van der Waals surface area contributed by atoms with Gasteiger partial charge in [0.05, 0.1) is 0 Å². The zero-order valence-corrected chi connectivity index (χ0v) is 10.6. The molecule has 1 N–H and O–H groups in total. The lowest BCUT2D eigenvalue weighted by molar-refractivity contribution is 0.0646. The molecule has 1 aromatic rings. The van der Waals surface area contributed by atoms with Gasteiger partial charge < -0.3 is 14.8 Å². The Balaban J connectivity index is 2.12. The number of aryl methyl sites for hydroxylation is 1. The molecule has 0 saturated carbocycles. The molecule has 0 spiro atoms. The van der Waals surface area contributed by atoms with Crippen molar-refractivity contribution in [3.63, 3.8) is 0 Å². The van der Waals surface area contributed by atoms with Crippen LogP contribution in [0.2, 0.25) is 0 Å². The topological polar surface area (TPSA) is 37.3 Å². The summed E-state index contributed by atoms with van der Waals surface area (Å²) >= 11 is 0. The molecule has 0 radical (unpaired) electrons. The van der Waals surface area contributed by atoms with Gasteiger partial charge in [-0.15, -0.1) is 0 Å². The van der Waals surface area contributed by atoms with Crippen molar-refractivity contribution in [2.24, 2.45) is 7.05 Å². The highest BCUT2D eigenvalue weighted by molar-refractivity contribution is 5.93. The minimum Gasteiger partial charge on any atom is -0.347 e. The highest BCUT2D eigenvalue weighted by atomic mass is 16.2. The molecule has 4 heteroatoms. The van der Waals surface area contributed by atoms with Crippen LogP contribution in [0.1, 0.15) is 30.3 Å². The molecule has 4 nitrogen and oxygen atoms in total. The van der Waals surface area contributed by atoms with E-state index in [-0.39, 0.29) is 5.91 Å². The Bertz CT molecular complexity index is 380. The maximum atomic E-state index is 12.4. The van der Waals surface area contributed by atoms with Crippen molar-refractivity contribution in [3.8, 4) is 0 Å². The summed E-state index contributed by atoms with van der Waals surface area (Å²) in [6.07, 6.45) is 4.04. The monoisotopic (exact) mass is 235 g/mol. The molecule has 94 valence electrons. The van der Waals surface area contributed by atoms with E-state index in [1.165, 1.54) is 0 Å². The van der Waals surface area contributed by atoms with Gasteiger partial charge in [-0.25, -0.2) is 0 Å². The van der Waals surface area contributed by atoms with E-state index < -0.39 is 0 Å². The molecule has 0 bridgehead atoms. The highest BCUT2D eigenvalue weighted by Crippen LogP contribution is 2.15. The van der Waals surface area contributed by atoms with Crippen molar-refractivity contribution in [1.29, 1.82) is 0 Å². The van der Waals surface area contributed by atoms with Crippen LogP contribution in [0.15, 0.2) is 18.3 Å². The summed E-state index contributed by atoms with van der Waals surface area (Å²) in [5.74, 6) is 0.159. The van der Waals surface area contributed by atoms with Gasteiger partial charge in [-0.05, 0) is 45.0 Å². The molecule has 0 atom stereocenters. The van der Waals surface area contributed by atoms with Gasteiger partial charge in [0.25, 0.3) is 5.91 Å². The van der Waals surface area contributed by atoms with E-state index in [1.807, 2.05) is 34.8 Å². The minimum absolute atomic E-state index is 0.159. The summed E-state index contributed by atoms with van der Waals surface area (Å²) in [6, 6.07) is 4.21. The lowest BCUT2D eigenvalue weighted by Gasteiger charge is -2.34. The Labute approximate surface area is 103 Å². The van der Waals surface area contributed by atoms with Gasteiger partial charge >= 0.3 is 0 Å². The summed E-state index contributed by atoms with van der Waals surface area (Å²) in [5, 5.41) is 3.34. The second-order valence-corrected chi connectivity index (χ2v) is 4.58. The normalized spacial score (nSPS) is 17.1. The first-order valence-electron chi connectivity index (χ1n) is 6.37. The third-order valence-corrected chi connectivity index (χ3v) is 3.51. The largest absolute Gasteiger partial charge is 0.347 e. The van der Waals surface area contributed by atoms with Crippen LogP contribution in [0.25, 0.3) is 0 Å². The predicted molar refractivity (Wildman–Crippen MR) is 68.0 cm³/mol. The SMILES string of the molecule is CCN(C(=O)c1cccn1C)C1CCNCC1. The van der Waals surface area contributed by atoms with Crippen molar-refractivity contribution in [2.75, 3.05) is 19.6 Å². The molecule has 1 aromatic heterocycles. The molecule has 1 aliphatic heterocycles. The van der Waals surface area contributed by atoms with Crippen LogP contribution in [0.3, 0.4) is 0 Å². The zero-order valence-electron chi connectivity index (χ0n) is 10.6. The van der Waals surface area contributed by atoms with Crippen LogP contribution < -0.4 is 5.32 Å². The molecule has 1 aliphatic rings. The van der Waals surface area contributed by atoms with E-state index in [1.54, 1.807) is 0 Å². The summed E-state index contributed by atoms with van der Waals surface area (Å²) in [5.41, 5.74) is 0.783. The molecule has 2 heterocycles. The van der Waals surface area contributed by atoms with E-state index in [0.717, 1.165) is 38.2 Å². The number of rotatable bonds is 3. The fraction of sp³-hybridized carbons (Fsp3) is 0.615. The number of amides is 1. The number of aromatic nitrogens is 1. The van der Waals surface area contributed by atoms with Crippen LogP contribution in [0.5, 0.6) is 0 Å². The average molecular weight is 235 g/mol. The van der Waals surface area contributed by atoms with E-state index in [9.17, 15) is 4.79 Å². The van der Waals surface area contributed by atoms with Crippen molar-refractivity contribution in [1.82, 2.24) is 14.8 Å². The zero-order chi connectivity index (χ0) is 12.3. The van der Waals surface area contributed by atoms with Crippen molar-refractivity contribution in [3.05, 3.63) is 24.0 Å². The summed E-state index contributed by atoms with van der Waals surface area (Å²) in [6.45, 7) is 4.88. The van der Waals surface area contributed by atoms with Crippen LogP contribution in [-0.2, 0) is 7.05 Å². The van der Waals surface area contributed by atoms with Crippen LogP contribution in [-0.4, -0.2) is 41.1 Å². The first-order chi connectivity index (χ1) is 8.24. The third kappa shape index (κ3) is 2.52. The fourth-order valence-electron chi connectivity index (χ4n) is 2.52. The van der Waals surface area contributed by atoms with Gasteiger partial charge in [0.2, 0.25) is 0 Å². The number of carbonyl (C=O) groups is 1. The number of hydrogen-bond donors (Lipinski definition) is 1. The Morgan fingerprint density at radius 1 is 1.53 bits per heavy atom. The van der Waals surface area contributed by atoms with Gasteiger partial charge in [0.1, 0.15) is 5.69 Å². The third-order valence-electron chi connectivity index (χ3n) is 3.51. The van der Waals surface area contributed by atoms with Crippen molar-refractivity contribution in [2.45, 2.75) is 25.8 Å². The van der Waals surface area contributed by atoms with Crippen LogP contribution in [0, 0.1) is 0 Å². The van der Waals surface area contributed by atoms with Crippen molar-refractivity contribution >= 4 is 5.91 Å². The maximum absolute atomic E-state index is 12.4. The fourth-order valence-corrected chi connectivity index (χ4v) is 2.52. The lowest BCUT2D eigenvalue weighted by atomic mass is 10.0. The molecule has 0 aliphatic carbocycles. The average Bonchev–Trinajstić information content (AvgIpc) is 2.77. The van der Waals surface area contributed by atoms with E-state index in [0.29, 0.717) is 6.04 Å². The first-order valence-corrected chi connectivity index (χ1v) is 6.37. The van der Waals surface area contributed by atoms with Crippen LogP contribution in [0.4, 0.5) is 0 Å². The molecule has 17 heavy (non-hydrogen) atoms. The Morgan fingerprint density at radius 3 is 2.76 bits per heavy atom. The lowest BCUT2D eigenvalue weighted by Crippen LogP contribution is -2.46. The second-order valence-electron chi connectivity index (χ2n) is 4.58. The van der Waals surface area contributed by atoms with Crippen molar-refractivity contribution < 1.29 is 4.79 Å². The van der Waals surface area contributed by atoms with E-state index in [2.05, 4.69) is 12.2 Å². The van der Waals surface area contributed by atoms with Crippen LogP contribution >= 0.6 is 0 Å². The molecule has 0 unspecified atom stereocenters. The standard InChI is InChI=1S/C13H21N3O/c1-3-16(11-6-8-14-9-7-11)13(17)12-5-4-10-15(12)2/h4-5,10-11,14H,3,6-9H2,1-2H3. The summed E-state index contributed by atoms with van der Waals surface area (Å²) in [4.78, 5) is 14.5. The second kappa shape index (κ2) is 5.36. The van der Waals surface area contributed by atoms with Gasteiger partial charge in [0.15, 0.2) is 0 Å². The summed E-state index contributed by atoms with van der Waals surface area (Å²) in [7, 11) is 1.92. The number of hydrogen-bond acceptors (Lipinski definition) is 2. The highest BCUT2D eigenvalue weighted by Gasteiger charge is 2.25. The molecule has 1 fully saturated rings. The predicted octanol–water partition coefficient (Wildman–Crippen LogP) is 1.24. The summed E-state index contributed by atoms with van der Waals surface area (Å²) < 4.78 is 1.89. The number of carbonyl (C=O) groups excluding carboxylic acids is 1. The van der Waals surface area contributed by atoms with Gasteiger partial charge in [-0.1, -0.05) is 0 Å². The van der Waals surface area contributed by atoms with E-state index in [4.69, 9.17) is 0 Å². The number of nitrogens with zero attached hydrogens (tertiary/aromatic N) is 2. The molecular weight excluding hydrogens is 214 g/mol. The quantitative estimate of drug-likeness (QED) is 0.856. The molecule has 0 aromatic carbocycles. The Morgan fingerprint density at radius 2 is 2.24 bits per heavy atom. The smallest absolute Gasteiger partial charge is 0.270 e. The van der Waals surface area contributed by atoms with Gasteiger partial charge in [-0.3, -0.25) is 4.79 Å². The number of piperidine rings is 1. The molecule has 1 amide bonds. The maximum Gasteiger partial charge on any atom is 0.270 e. The molecular formula is C13H21N3O. The number of nitrogens with one attached hydrogen (secondary N) is 1. The first kappa shape index (κ1) is 12.2. The Hall–Kier alpha value is -1.29.